The molecule has 0 bridgehead atoms. The molecule has 1 aromatic carbocycles. The number of aryl methyl sites for hydroxylation is 1. The number of amides is 1. The highest BCUT2D eigenvalue weighted by Crippen LogP contribution is 2.16. The fourth-order valence-electron chi connectivity index (χ4n) is 1.81. The van der Waals surface area contributed by atoms with Crippen LogP contribution in [0.4, 0.5) is 0 Å². The van der Waals surface area contributed by atoms with Crippen LogP contribution in [0.15, 0.2) is 41.0 Å². The third-order valence-corrected chi connectivity index (χ3v) is 3.48. The number of aliphatic hydroxyl groups excluding tert-OH is 1. The highest BCUT2D eigenvalue weighted by Gasteiger charge is 2.07. The molecule has 0 spiro atoms. The third kappa shape index (κ3) is 3.65. The largest absolute Gasteiger partial charge is 0.390 e. The quantitative estimate of drug-likeness (QED) is 0.903. The Morgan fingerprint density at radius 3 is 2.90 bits per heavy atom. The van der Waals surface area contributed by atoms with E-state index in [1.165, 1.54) is 6.20 Å². The van der Waals surface area contributed by atoms with Crippen molar-refractivity contribution in [2.75, 3.05) is 0 Å². The predicted molar refractivity (Wildman–Crippen MR) is 80.2 cm³/mol. The van der Waals surface area contributed by atoms with Gasteiger partial charge in [-0.05, 0) is 42.3 Å². The van der Waals surface area contributed by atoms with Crippen molar-refractivity contribution in [3.63, 3.8) is 0 Å². The van der Waals surface area contributed by atoms with Gasteiger partial charge < -0.3 is 10.4 Å². The van der Waals surface area contributed by atoms with Crippen molar-refractivity contribution in [2.24, 2.45) is 0 Å². The molecule has 0 radical (unpaired) electrons. The molecular formula is C15H15BrN2O2. The number of aliphatic hydroxyl groups is 1. The summed E-state index contributed by atoms with van der Waals surface area (Å²) in [5, 5.41) is 11.9. The Balaban J connectivity index is 2.06. The van der Waals surface area contributed by atoms with Gasteiger partial charge in [0, 0.05) is 22.8 Å². The molecule has 4 nitrogen and oxygen atoms in total. The molecule has 0 aliphatic heterocycles. The zero-order valence-electron chi connectivity index (χ0n) is 11.1. The van der Waals surface area contributed by atoms with Gasteiger partial charge in [0.1, 0.15) is 0 Å². The number of halogens is 1. The second-order valence-electron chi connectivity index (χ2n) is 4.45. The number of nitrogens with zero attached hydrogens (tertiary/aromatic N) is 1. The Hall–Kier alpha value is -1.72. The van der Waals surface area contributed by atoms with Gasteiger partial charge in [0.05, 0.1) is 12.3 Å². The van der Waals surface area contributed by atoms with Gasteiger partial charge in [-0.1, -0.05) is 22.0 Å². The molecule has 1 amide bonds. The number of pyridine rings is 1. The summed E-state index contributed by atoms with van der Waals surface area (Å²) in [6.07, 6.45) is 1.52. The zero-order chi connectivity index (χ0) is 14.5. The fraction of sp³-hybridized carbons (Fsp3) is 0.200. The average Bonchev–Trinajstić information content (AvgIpc) is 2.48. The summed E-state index contributed by atoms with van der Waals surface area (Å²) in [6, 6.07) is 9.17. The molecule has 0 aliphatic rings. The molecule has 0 atom stereocenters. The van der Waals surface area contributed by atoms with E-state index < -0.39 is 0 Å². The predicted octanol–water partition coefficient (Wildman–Crippen LogP) is 2.57. The standard InChI is InChI=1S/C15H15BrN2O2/c1-10-2-3-13(16)6-12(10)8-18-15(20)11-4-5-17-14(7-11)9-19/h2-7,19H,8-9H2,1H3,(H,18,20). The molecule has 0 aliphatic carbocycles. The fourth-order valence-corrected chi connectivity index (χ4v) is 2.22. The summed E-state index contributed by atoms with van der Waals surface area (Å²) < 4.78 is 0.985. The smallest absolute Gasteiger partial charge is 0.251 e. The molecule has 0 saturated carbocycles. The second kappa shape index (κ2) is 6.63. The Morgan fingerprint density at radius 1 is 1.35 bits per heavy atom. The highest BCUT2D eigenvalue weighted by atomic mass is 79.9. The van der Waals surface area contributed by atoms with Crippen molar-refractivity contribution in [1.82, 2.24) is 10.3 Å². The van der Waals surface area contributed by atoms with Crippen LogP contribution in [0.5, 0.6) is 0 Å². The molecule has 1 aromatic heterocycles. The summed E-state index contributed by atoms with van der Waals surface area (Å²) in [4.78, 5) is 16.0. The van der Waals surface area contributed by atoms with E-state index in [0.29, 0.717) is 17.8 Å². The molecule has 2 rings (SSSR count). The van der Waals surface area contributed by atoms with Gasteiger partial charge in [0.15, 0.2) is 0 Å². The molecule has 5 heteroatoms. The summed E-state index contributed by atoms with van der Waals surface area (Å²) in [5.74, 6) is -0.179. The average molecular weight is 335 g/mol. The Labute approximate surface area is 126 Å². The number of hydrogen-bond acceptors (Lipinski definition) is 3. The van der Waals surface area contributed by atoms with Crippen LogP contribution in [0.1, 0.15) is 27.2 Å². The molecule has 0 fully saturated rings. The number of aromatic nitrogens is 1. The van der Waals surface area contributed by atoms with Crippen LogP contribution in [-0.2, 0) is 13.2 Å². The molecule has 104 valence electrons. The van der Waals surface area contributed by atoms with Crippen LogP contribution in [0.3, 0.4) is 0 Å². The van der Waals surface area contributed by atoms with Crippen molar-refractivity contribution in [1.29, 1.82) is 0 Å². The SMILES string of the molecule is Cc1ccc(Br)cc1CNC(=O)c1ccnc(CO)c1. The first-order valence-electron chi connectivity index (χ1n) is 6.19. The lowest BCUT2D eigenvalue weighted by Gasteiger charge is -2.09. The zero-order valence-corrected chi connectivity index (χ0v) is 12.6. The minimum Gasteiger partial charge on any atom is -0.390 e. The van der Waals surface area contributed by atoms with Gasteiger partial charge in [-0.15, -0.1) is 0 Å². The van der Waals surface area contributed by atoms with E-state index in [1.807, 2.05) is 25.1 Å². The lowest BCUT2D eigenvalue weighted by Crippen LogP contribution is -2.23. The van der Waals surface area contributed by atoms with Crippen LogP contribution < -0.4 is 5.32 Å². The molecule has 2 aromatic rings. The maximum absolute atomic E-state index is 12.1. The van der Waals surface area contributed by atoms with E-state index >= 15 is 0 Å². The molecule has 2 N–H and O–H groups in total. The maximum atomic E-state index is 12.1. The van der Waals surface area contributed by atoms with E-state index in [0.717, 1.165) is 15.6 Å². The van der Waals surface area contributed by atoms with Gasteiger partial charge in [-0.3, -0.25) is 9.78 Å². The van der Waals surface area contributed by atoms with Crippen molar-refractivity contribution in [3.05, 3.63) is 63.4 Å². The van der Waals surface area contributed by atoms with E-state index in [1.54, 1.807) is 12.1 Å². The van der Waals surface area contributed by atoms with E-state index in [-0.39, 0.29) is 12.5 Å². The normalized spacial score (nSPS) is 10.3. The van der Waals surface area contributed by atoms with Crippen molar-refractivity contribution < 1.29 is 9.90 Å². The molecule has 20 heavy (non-hydrogen) atoms. The highest BCUT2D eigenvalue weighted by molar-refractivity contribution is 9.10. The molecule has 0 unspecified atom stereocenters. The summed E-state index contributed by atoms with van der Waals surface area (Å²) in [6.45, 7) is 2.29. The van der Waals surface area contributed by atoms with Crippen molar-refractivity contribution in [3.8, 4) is 0 Å². The molecule has 1 heterocycles. The van der Waals surface area contributed by atoms with Gasteiger partial charge in [0.2, 0.25) is 0 Å². The first-order valence-corrected chi connectivity index (χ1v) is 6.98. The topological polar surface area (TPSA) is 62.2 Å². The second-order valence-corrected chi connectivity index (χ2v) is 5.36. The molecule has 0 saturated heterocycles. The summed E-state index contributed by atoms with van der Waals surface area (Å²) in [5.41, 5.74) is 3.16. The van der Waals surface area contributed by atoms with E-state index in [2.05, 4.69) is 26.2 Å². The first-order chi connectivity index (χ1) is 9.60. The first kappa shape index (κ1) is 14.7. The monoisotopic (exact) mass is 334 g/mol. The number of hydrogen-bond donors (Lipinski definition) is 2. The number of rotatable bonds is 4. The summed E-state index contributed by atoms with van der Waals surface area (Å²) >= 11 is 3.42. The Bertz CT molecular complexity index is 629. The minimum absolute atomic E-state index is 0.175. The van der Waals surface area contributed by atoms with Crippen LogP contribution in [0.2, 0.25) is 0 Å². The van der Waals surface area contributed by atoms with Gasteiger partial charge in [-0.2, -0.15) is 0 Å². The minimum atomic E-state index is -0.179. The number of benzene rings is 1. The lowest BCUT2D eigenvalue weighted by molar-refractivity contribution is 0.0950. The molecular weight excluding hydrogens is 320 g/mol. The number of nitrogens with one attached hydrogen (secondary N) is 1. The Kier molecular flexibility index (Phi) is 4.87. The third-order valence-electron chi connectivity index (χ3n) is 2.99. The van der Waals surface area contributed by atoms with Crippen molar-refractivity contribution in [2.45, 2.75) is 20.1 Å². The van der Waals surface area contributed by atoms with E-state index in [9.17, 15) is 4.79 Å². The number of carbonyl (C=O) groups is 1. The number of carbonyl (C=O) groups excluding carboxylic acids is 1. The Morgan fingerprint density at radius 2 is 2.15 bits per heavy atom. The lowest BCUT2D eigenvalue weighted by atomic mass is 10.1. The van der Waals surface area contributed by atoms with Gasteiger partial charge in [0.25, 0.3) is 5.91 Å². The van der Waals surface area contributed by atoms with Crippen LogP contribution in [-0.4, -0.2) is 16.0 Å². The van der Waals surface area contributed by atoms with Gasteiger partial charge >= 0.3 is 0 Å². The van der Waals surface area contributed by atoms with Crippen molar-refractivity contribution >= 4 is 21.8 Å². The summed E-state index contributed by atoms with van der Waals surface area (Å²) in [7, 11) is 0. The van der Waals surface area contributed by atoms with Gasteiger partial charge in [-0.25, -0.2) is 0 Å². The maximum Gasteiger partial charge on any atom is 0.251 e. The van der Waals surface area contributed by atoms with Crippen LogP contribution >= 0.6 is 15.9 Å². The van der Waals surface area contributed by atoms with E-state index in [4.69, 9.17) is 5.11 Å². The van der Waals surface area contributed by atoms with Crippen LogP contribution in [0, 0.1) is 6.92 Å². The van der Waals surface area contributed by atoms with Crippen LogP contribution in [0.25, 0.3) is 0 Å².